The lowest BCUT2D eigenvalue weighted by Crippen LogP contribution is -2.15. The van der Waals surface area contributed by atoms with Crippen LogP contribution >= 0.6 is 0 Å². The van der Waals surface area contributed by atoms with E-state index in [0.29, 0.717) is 12.1 Å². The van der Waals surface area contributed by atoms with Crippen molar-refractivity contribution in [2.75, 3.05) is 11.9 Å². The van der Waals surface area contributed by atoms with Crippen LogP contribution in [0.3, 0.4) is 0 Å². The Bertz CT molecular complexity index is 609. The van der Waals surface area contributed by atoms with E-state index in [9.17, 15) is 4.79 Å². The first kappa shape index (κ1) is 14.1. The third kappa shape index (κ3) is 3.36. The number of nitrogens with zero attached hydrogens (tertiary/aromatic N) is 3. The summed E-state index contributed by atoms with van der Waals surface area (Å²) in [5, 5.41) is 10.4. The predicted molar refractivity (Wildman–Crippen MR) is 76.5 cm³/mol. The molecule has 0 bridgehead atoms. The predicted octanol–water partition coefficient (Wildman–Crippen LogP) is 1.24. The summed E-state index contributed by atoms with van der Waals surface area (Å²) in [5.74, 6) is -0.0431. The van der Waals surface area contributed by atoms with Crippen LogP contribution in [0, 0.1) is 13.8 Å². The third-order valence-corrected chi connectivity index (χ3v) is 2.97. The van der Waals surface area contributed by atoms with E-state index in [1.165, 1.54) is 0 Å². The smallest absolute Gasteiger partial charge is 0.258 e. The van der Waals surface area contributed by atoms with Crippen molar-refractivity contribution in [3.63, 3.8) is 0 Å². The number of nitrogens with two attached hydrogens (primary N) is 1. The molecule has 0 radical (unpaired) electrons. The number of rotatable bonds is 4. The molecule has 0 aliphatic carbocycles. The Morgan fingerprint density at radius 3 is 2.45 bits per heavy atom. The minimum atomic E-state index is -0.255. The number of carbonyl (C=O) groups excluding carboxylic acids is 1. The van der Waals surface area contributed by atoms with E-state index in [4.69, 9.17) is 5.73 Å². The molecule has 1 aromatic heterocycles. The zero-order chi connectivity index (χ0) is 14.5. The lowest BCUT2D eigenvalue weighted by molar-refractivity contribution is 0.102. The summed E-state index contributed by atoms with van der Waals surface area (Å²) in [6.07, 6.45) is 0.798. The maximum atomic E-state index is 12.0. The molecule has 20 heavy (non-hydrogen) atoms. The number of aromatic nitrogens is 3. The van der Waals surface area contributed by atoms with Gasteiger partial charge in [-0.1, -0.05) is 12.1 Å². The zero-order valence-electron chi connectivity index (χ0n) is 11.6. The maximum absolute atomic E-state index is 12.0. The third-order valence-electron chi connectivity index (χ3n) is 2.97. The van der Waals surface area contributed by atoms with Gasteiger partial charge in [0.15, 0.2) is 0 Å². The normalized spacial score (nSPS) is 10.3. The van der Waals surface area contributed by atoms with Crippen molar-refractivity contribution < 1.29 is 4.79 Å². The fourth-order valence-electron chi connectivity index (χ4n) is 1.67. The highest BCUT2D eigenvalue weighted by Crippen LogP contribution is 2.08. The second kappa shape index (κ2) is 6.21. The molecule has 0 spiro atoms. The molecule has 1 aromatic carbocycles. The lowest BCUT2D eigenvalue weighted by atomic mass is 10.1. The fourth-order valence-corrected chi connectivity index (χ4v) is 1.67. The fraction of sp³-hybridized carbons (Fsp3) is 0.286. The molecule has 0 fully saturated rings. The average molecular weight is 271 g/mol. The van der Waals surface area contributed by atoms with Crippen LogP contribution in [0.5, 0.6) is 0 Å². The molecule has 3 N–H and O–H groups in total. The molecule has 1 heterocycles. The van der Waals surface area contributed by atoms with Crippen molar-refractivity contribution in [1.29, 1.82) is 0 Å². The Kier molecular flexibility index (Phi) is 4.37. The van der Waals surface area contributed by atoms with Crippen molar-refractivity contribution in [2.24, 2.45) is 5.73 Å². The number of nitrogens with one attached hydrogen (secondary N) is 1. The van der Waals surface area contributed by atoms with Crippen molar-refractivity contribution in [3.05, 3.63) is 46.8 Å². The van der Waals surface area contributed by atoms with Crippen molar-refractivity contribution in [3.8, 4) is 0 Å². The molecule has 1 amide bonds. The van der Waals surface area contributed by atoms with Crippen LogP contribution < -0.4 is 11.1 Å². The SMILES string of the molecule is Cc1nnc(NC(=O)c2ccc(CCN)cc2)nc1C. The van der Waals surface area contributed by atoms with Gasteiger partial charge in [0, 0.05) is 5.56 Å². The summed E-state index contributed by atoms with van der Waals surface area (Å²) in [7, 11) is 0. The van der Waals surface area contributed by atoms with E-state index in [1.54, 1.807) is 12.1 Å². The summed E-state index contributed by atoms with van der Waals surface area (Å²) in [6, 6.07) is 7.30. The molecule has 2 rings (SSSR count). The Balaban J connectivity index is 2.09. The van der Waals surface area contributed by atoms with Crippen LogP contribution in [0.25, 0.3) is 0 Å². The van der Waals surface area contributed by atoms with Gasteiger partial charge in [0.25, 0.3) is 5.91 Å². The highest BCUT2D eigenvalue weighted by molar-refractivity contribution is 6.03. The van der Waals surface area contributed by atoms with Crippen LogP contribution in [0.4, 0.5) is 5.95 Å². The zero-order valence-corrected chi connectivity index (χ0v) is 11.6. The van der Waals surface area contributed by atoms with Gasteiger partial charge < -0.3 is 5.73 Å². The Morgan fingerprint density at radius 1 is 1.15 bits per heavy atom. The molecule has 0 aliphatic heterocycles. The maximum Gasteiger partial charge on any atom is 0.258 e. The minimum absolute atomic E-state index is 0.212. The van der Waals surface area contributed by atoms with Gasteiger partial charge in [0.2, 0.25) is 5.95 Å². The monoisotopic (exact) mass is 271 g/mol. The minimum Gasteiger partial charge on any atom is -0.330 e. The van der Waals surface area contributed by atoms with E-state index in [1.807, 2.05) is 26.0 Å². The van der Waals surface area contributed by atoms with Gasteiger partial charge in [-0.3, -0.25) is 10.1 Å². The average Bonchev–Trinajstić information content (AvgIpc) is 2.44. The number of amides is 1. The second-order valence-electron chi connectivity index (χ2n) is 4.50. The van der Waals surface area contributed by atoms with E-state index in [2.05, 4.69) is 20.5 Å². The van der Waals surface area contributed by atoms with Gasteiger partial charge in [-0.05, 0) is 44.5 Å². The van der Waals surface area contributed by atoms with Crippen LogP contribution in [0.15, 0.2) is 24.3 Å². The van der Waals surface area contributed by atoms with Gasteiger partial charge in [-0.25, -0.2) is 4.98 Å². The first-order valence-electron chi connectivity index (χ1n) is 6.38. The van der Waals surface area contributed by atoms with Crippen molar-refractivity contribution in [2.45, 2.75) is 20.3 Å². The number of anilines is 1. The van der Waals surface area contributed by atoms with Crippen LogP contribution in [0.1, 0.15) is 27.3 Å². The standard InChI is InChI=1S/C14H17N5O/c1-9-10(2)18-19-14(16-9)17-13(20)12-5-3-11(4-6-12)7-8-15/h3-6H,7-8,15H2,1-2H3,(H,16,17,19,20). The van der Waals surface area contributed by atoms with E-state index < -0.39 is 0 Å². The Hall–Kier alpha value is -2.34. The molecule has 0 unspecified atom stereocenters. The number of benzene rings is 1. The second-order valence-corrected chi connectivity index (χ2v) is 4.50. The molecule has 0 saturated carbocycles. The molecular formula is C14H17N5O. The highest BCUT2D eigenvalue weighted by Gasteiger charge is 2.09. The first-order valence-corrected chi connectivity index (χ1v) is 6.38. The number of aryl methyl sites for hydroxylation is 2. The molecule has 0 saturated heterocycles. The van der Waals surface area contributed by atoms with E-state index >= 15 is 0 Å². The molecule has 0 atom stereocenters. The summed E-state index contributed by atoms with van der Waals surface area (Å²) in [6.45, 7) is 4.23. The van der Waals surface area contributed by atoms with Crippen molar-refractivity contribution in [1.82, 2.24) is 15.2 Å². The lowest BCUT2D eigenvalue weighted by Gasteiger charge is -2.05. The molecule has 6 heteroatoms. The number of hydrogen-bond acceptors (Lipinski definition) is 5. The highest BCUT2D eigenvalue weighted by atomic mass is 16.1. The summed E-state index contributed by atoms with van der Waals surface area (Å²) < 4.78 is 0. The van der Waals surface area contributed by atoms with Gasteiger partial charge in [-0.15, -0.1) is 5.10 Å². The number of hydrogen-bond donors (Lipinski definition) is 2. The largest absolute Gasteiger partial charge is 0.330 e. The van der Waals surface area contributed by atoms with Gasteiger partial charge in [0.1, 0.15) is 0 Å². The van der Waals surface area contributed by atoms with Gasteiger partial charge in [-0.2, -0.15) is 5.10 Å². The quantitative estimate of drug-likeness (QED) is 0.872. The Labute approximate surface area is 117 Å². The molecule has 0 aliphatic rings. The van der Waals surface area contributed by atoms with Gasteiger partial charge >= 0.3 is 0 Å². The van der Waals surface area contributed by atoms with Crippen LogP contribution in [-0.2, 0) is 6.42 Å². The Morgan fingerprint density at radius 2 is 1.85 bits per heavy atom. The molecular weight excluding hydrogens is 254 g/mol. The van der Waals surface area contributed by atoms with Gasteiger partial charge in [0.05, 0.1) is 11.4 Å². The van der Waals surface area contributed by atoms with Crippen molar-refractivity contribution >= 4 is 11.9 Å². The first-order chi connectivity index (χ1) is 9.60. The van der Waals surface area contributed by atoms with E-state index in [-0.39, 0.29) is 11.9 Å². The number of carbonyl (C=O) groups is 1. The van der Waals surface area contributed by atoms with E-state index in [0.717, 1.165) is 23.4 Å². The summed E-state index contributed by atoms with van der Waals surface area (Å²) >= 11 is 0. The van der Waals surface area contributed by atoms with Crippen LogP contribution in [0.2, 0.25) is 0 Å². The summed E-state index contributed by atoms with van der Waals surface area (Å²) in [4.78, 5) is 16.2. The summed E-state index contributed by atoms with van der Waals surface area (Å²) in [5.41, 5.74) is 8.63. The topological polar surface area (TPSA) is 93.8 Å². The van der Waals surface area contributed by atoms with Crippen LogP contribution in [-0.4, -0.2) is 27.6 Å². The molecule has 104 valence electrons. The molecule has 2 aromatic rings. The molecule has 6 nitrogen and oxygen atoms in total.